The van der Waals surface area contributed by atoms with Gasteiger partial charge in [0.05, 0.1) is 0 Å². The van der Waals surface area contributed by atoms with Crippen molar-refractivity contribution >= 4 is 12.5 Å². The average Bonchev–Trinajstić information content (AvgIpc) is 3.47. The Labute approximate surface area is 314 Å². The van der Waals surface area contributed by atoms with E-state index in [1.165, 1.54) is 71.2 Å². The molecule has 54 heavy (non-hydrogen) atoms. The second-order valence-electron chi connectivity index (χ2n) is 14.5. The van der Waals surface area contributed by atoms with Gasteiger partial charge >= 0.3 is 194 Å². The Hall–Kier alpha value is -1.57. The minimum atomic E-state index is -6.30. The molecule has 3 aliphatic carbocycles. The van der Waals surface area contributed by atoms with Gasteiger partial charge in [-0.1, -0.05) is 65.7 Å². The fourth-order valence-corrected chi connectivity index (χ4v) is 14.3. The number of halogens is 12. The first-order valence-corrected chi connectivity index (χ1v) is 21.6. The summed E-state index contributed by atoms with van der Waals surface area (Å²) in [5.41, 5.74) is -6.86. The van der Waals surface area contributed by atoms with Crippen LogP contribution < -0.4 is 0 Å². The van der Waals surface area contributed by atoms with E-state index in [1.807, 2.05) is 0 Å². The number of nitrogens with zero attached hydrogens (tertiary/aromatic N) is 2. The number of alkyl halides is 12. The molecule has 2 aromatic rings. The zero-order valence-corrected chi connectivity index (χ0v) is 32.1. The van der Waals surface area contributed by atoms with E-state index in [0.29, 0.717) is 25.9 Å². The number of imidazole rings is 1. The van der Waals surface area contributed by atoms with E-state index in [4.69, 9.17) is 0 Å². The van der Waals surface area contributed by atoms with Gasteiger partial charge in [0, 0.05) is 0 Å². The summed E-state index contributed by atoms with van der Waals surface area (Å²) < 4.78 is 158. The standard InChI is InChI=1S/C18H33P.C11H8F12N2O2.C7H6.Ru/c1-4-10-16(11-5-1)19(17-12-6-2-7-13-17)18-14-8-3-9-15-18;12-8(13,14)6(26,9(15,16)17)3-24-1-2-25(5-24)4-7(27,10(18,19)20)11(21,22)23;1-7-5-3-2-4-6-7;/h16-18H,1-15H2;1-2,26-27H,3-4H2;1-6H;. The zero-order valence-electron chi connectivity index (χ0n) is 29.5. The third-order valence-electron chi connectivity index (χ3n) is 10.6. The van der Waals surface area contributed by atoms with Gasteiger partial charge in [0.25, 0.3) is 0 Å². The van der Waals surface area contributed by atoms with Crippen LogP contribution in [0.25, 0.3) is 0 Å². The van der Waals surface area contributed by atoms with Crippen molar-refractivity contribution in [2.45, 2.75) is 162 Å². The molecule has 0 unspecified atom stereocenters. The minimum absolute atomic E-state index is 0.0614. The zero-order chi connectivity index (χ0) is 40.0. The number of hydrogen-bond donors (Lipinski definition) is 2. The molecule has 1 aromatic heterocycles. The van der Waals surface area contributed by atoms with Gasteiger partial charge < -0.3 is 0 Å². The van der Waals surface area contributed by atoms with Gasteiger partial charge in [0.2, 0.25) is 0 Å². The summed E-state index contributed by atoms with van der Waals surface area (Å²) in [5, 5.41) is 18.9. The monoisotopic (exact) mass is 900 g/mol. The normalized spacial score (nSPS) is 19.5. The molecule has 0 bridgehead atoms. The molecular weight excluding hydrogens is 852 g/mol. The van der Waals surface area contributed by atoms with E-state index in [-0.39, 0.29) is 9.13 Å². The van der Waals surface area contributed by atoms with Crippen LogP contribution in [0.3, 0.4) is 0 Å². The first-order chi connectivity index (χ1) is 25.1. The van der Waals surface area contributed by atoms with Gasteiger partial charge in [-0.2, -0.15) is 0 Å². The maximum absolute atomic E-state index is 13.1. The number of benzene rings is 1. The molecule has 4 nitrogen and oxygen atoms in total. The SMILES string of the molecule is C1CCC(P(C2CCCCC2)C2CCCCC2)CC1.OC(Cn1ccn(CC(O)(C(F)(F)F)C(F)(F)F)[c]1=[Ru]=[CH]c1ccccc1)(C(F)(F)F)C(F)(F)F. The van der Waals surface area contributed by atoms with Crippen molar-refractivity contribution in [3.63, 3.8) is 0 Å². The van der Waals surface area contributed by atoms with E-state index >= 15 is 0 Å². The number of hydrogen-bond acceptors (Lipinski definition) is 2. The van der Waals surface area contributed by atoms with E-state index < -0.39 is 69.2 Å². The van der Waals surface area contributed by atoms with Gasteiger partial charge in [0.15, 0.2) is 0 Å². The van der Waals surface area contributed by atoms with Crippen LogP contribution >= 0.6 is 7.92 Å². The molecule has 18 heteroatoms. The average molecular weight is 900 g/mol. The van der Waals surface area contributed by atoms with Crippen LogP contribution in [0.2, 0.25) is 0 Å². The summed E-state index contributed by atoms with van der Waals surface area (Å²) in [6, 6.07) is 7.30. The van der Waals surface area contributed by atoms with Crippen molar-refractivity contribution in [2.24, 2.45) is 0 Å². The van der Waals surface area contributed by atoms with Crippen LogP contribution in [-0.2, 0) is 29.3 Å². The third-order valence-corrected chi connectivity index (χ3v) is 17.0. The second-order valence-corrected chi connectivity index (χ2v) is 19.3. The van der Waals surface area contributed by atoms with Crippen LogP contribution in [0.5, 0.6) is 0 Å². The molecule has 3 aliphatic rings. The summed E-state index contributed by atoms with van der Waals surface area (Å²) in [6.45, 7) is -4.62. The predicted molar refractivity (Wildman–Crippen MR) is 179 cm³/mol. The number of aromatic nitrogens is 2. The van der Waals surface area contributed by atoms with Crippen LogP contribution in [0, 0.1) is 4.01 Å². The fraction of sp³-hybridized carbons (Fsp3) is 0.722. The molecule has 1 aromatic carbocycles. The van der Waals surface area contributed by atoms with E-state index in [2.05, 4.69) is 0 Å². The topological polar surface area (TPSA) is 50.3 Å². The molecule has 0 saturated heterocycles. The Morgan fingerprint density at radius 1 is 0.537 bits per heavy atom. The van der Waals surface area contributed by atoms with Crippen LogP contribution in [-0.4, -0.2) is 76.8 Å². The van der Waals surface area contributed by atoms with Crippen molar-refractivity contribution in [1.29, 1.82) is 0 Å². The number of aliphatic hydroxyl groups is 2. The molecule has 0 aliphatic heterocycles. The van der Waals surface area contributed by atoms with Gasteiger partial charge in [0.1, 0.15) is 0 Å². The van der Waals surface area contributed by atoms with E-state index in [9.17, 15) is 62.9 Å². The summed E-state index contributed by atoms with van der Waals surface area (Å²) in [6.07, 6.45) is -0.845. The molecule has 0 radical (unpaired) electrons. The Morgan fingerprint density at radius 2 is 0.852 bits per heavy atom. The van der Waals surface area contributed by atoms with Gasteiger partial charge in [-0.3, -0.25) is 0 Å². The molecule has 2 N–H and O–H groups in total. The Balaban J connectivity index is 0.000000284. The van der Waals surface area contributed by atoms with Crippen molar-refractivity contribution in [3.8, 4) is 0 Å². The number of rotatable bonds is 8. The summed E-state index contributed by atoms with van der Waals surface area (Å²) in [4.78, 5) is 0. The van der Waals surface area contributed by atoms with Gasteiger partial charge in [-0.25, -0.2) is 0 Å². The maximum atomic E-state index is 13.1. The first kappa shape index (κ1) is 45.1. The van der Waals surface area contributed by atoms with Crippen molar-refractivity contribution in [3.05, 3.63) is 52.3 Å². The van der Waals surface area contributed by atoms with Crippen molar-refractivity contribution in [1.82, 2.24) is 9.13 Å². The quantitative estimate of drug-likeness (QED) is 0.158. The second kappa shape index (κ2) is 18.4. The Morgan fingerprint density at radius 3 is 1.15 bits per heavy atom. The van der Waals surface area contributed by atoms with Gasteiger partial charge in [-0.05, 0) is 55.5 Å². The van der Waals surface area contributed by atoms with Gasteiger partial charge in [-0.15, -0.1) is 0 Å². The summed E-state index contributed by atoms with van der Waals surface area (Å²) in [5.74, 6) is 0. The fourth-order valence-electron chi connectivity index (χ4n) is 7.63. The Bertz CT molecular complexity index is 1430. The third kappa shape index (κ3) is 10.9. The van der Waals surface area contributed by atoms with E-state index in [1.54, 1.807) is 77.0 Å². The molecule has 0 spiro atoms. The summed E-state index contributed by atoms with van der Waals surface area (Å²) in [7, 11) is 0.385. The first-order valence-electron chi connectivity index (χ1n) is 18.2. The molecule has 0 atom stereocenters. The molecular formula is C36H47F12N2O2PRu. The molecule has 310 valence electrons. The molecule has 1 heterocycles. The van der Waals surface area contributed by atoms with Crippen molar-refractivity contribution < 1.29 is 79.1 Å². The molecule has 0 amide bonds. The van der Waals surface area contributed by atoms with E-state index in [0.717, 1.165) is 0 Å². The molecule has 3 fully saturated rings. The van der Waals surface area contributed by atoms with Crippen LogP contribution in [0.4, 0.5) is 52.7 Å². The van der Waals surface area contributed by atoms with Crippen LogP contribution in [0.1, 0.15) is 102 Å². The predicted octanol–water partition coefficient (Wildman–Crippen LogP) is 10.9. The summed E-state index contributed by atoms with van der Waals surface area (Å²) >= 11 is -1.78. The molecule has 5 rings (SSSR count). The molecule has 3 saturated carbocycles. The Kier molecular flexibility index (Phi) is 15.3. The van der Waals surface area contributed by atoms with Crippen LogP contribution in [0.15, 0.2) is 42.7 Å². The van der Waals surface area contributed by atoms with Crippen molar-refractivity contribution in [2.75, 3.05) is 0 Å².